The van der Waals surface area contributed by atoms with Crippen LogP contribution in [-0.2, 0) is 0 Å². The predicted molar refractivity (Wildman–Crippen MR) is 77.2 cm³/mol. The maximum Gasteiger partial charge on any atom is 0.272 e. The van der Waals surface area contributed by atoms with Crippen LogP contribution in [0.3, 0.4) is 0 Å². The van der Waals surface area contributed by atoms with Crippen molar-refractivity contribution < 1.29 is 4.92 Å². The highest BCUT2D eigenvalue weighted by Gasteiger charge is 2.20. The molecule has 1 N–H and O–H groups in total. The molecule has 0 amide bonds. The number of nitrogens with zero attached hydrogens (tertiary/aromatic N) is 2. The number of hydrogen-bond donors (Lipinski definition) is 1. The van der Waals surface area contributed by atoms with Crippen molar-refractivity contribution in [3.05, 3.63) is 32.3 Å². The third kappa shape index (κ3) is 3.49. The molecule has 2 rings (SSSR count). The SMILES string of the molecule is CN1CCC(CNc2c(Cl)cc([N+](=O)[O-])cc2Cl)C1. The van der Waals surface area contributed by atoms with Crippen LogP contribution in [0.1, 0.15) is 6.42 Å². The van der Waals surface area contributed by atoms with Crippen molar-refractivity contribution in [3.8, 4) is 0 Å². The van der Waals surface area contributed by atoms with E-state index in [0.717, 1.165) is 26.1 Å². The van der Waals surface area contributed by atoms with Gasteiger partial charge in [0.25, 0.3) is 5.69 Å². The maximum atomic E-state index is 10.7. The molecule has 1 aromatic carbocycles. The number of non-ortho nitro benzene ring substituents is 1. The standard InChI is InChI=1S/C12H15Cl2N3O2/c1-16-3-2-8(7-16)6-15-12-10(13)4-9(17(18)19)5-11(12)14/h4-5,8,15H,2-3,6-7H2,1H3. The number of benzene rings is 1. The molecule has 1 atom stereocenters. The van der Waals surface area contributed by atoms with Gasteiger partial charge in [-0.3, -0.25) is 10.1 Å². The molecular weight excluding hydrogens is 289 g/mol. The number of nitrogens with one attached hydrogen (secondary N) is 1. The van der Waals surface area contributed by atoms with Gasteiger partial charge in [0.05, 0.1) is 20.7 Å². The second-order valence-electron chi connectivity index (χ2n) is 4.84. The molecule has 5 nitrogen and oxygen atoms in total. The van der Waals surface area contributed by atoms with Gasteiger partial charge in [-0.2, -0.15) is 0 Å². The van der Waals surface area contributed by atoms with Gasteiger partial charge in [-0.25, -0.2) is 0 Å². The van der Waals surface area contributed by atoms with Crippen molar-refractivity contribution in [2.45, 2.75) is 6.42 Å². The van der Waals surface area contributed by atoms with Gasteiger partial charge in [-0.1, -0.05) is 23.2 Å². The van der Waals surface area contributed by atoms with Crippen LogP contribution in [0, 0.1) is 16.0 Å². The minimum atomic E-state index is -0.506. The van der Waals surface area contributed by atoms with Crippen molar-refractivity contribution >= 4 is 34.6 Å². The van der Waals surface area contributed by atoms with Crippen LogP contribution in [0.4, 0.5) is 11.4 Å². The predicted octanol–water partition coefficient (Wildman–Crippen LogP) is 3.27. The molecule has 0 aromatic heterocycles. The average Bonchev–Trinajstić information content (AvgIpc) is 2.73. The highest BCUT2D eigenvalue weighted by atomic mass is 35.5. The molecular formula is C12H15Cl2N3O2. The van der Waals surface area contributed by atoms with Crippen LogP contribution in [0.15, 0.2) is 12.1 Å². The van der Waals surface area contributed by atoms with Gasteiger partial charge in [0.1, 0.15) is 0 Å². The zero-order valence-electron chi connectivity index (χ0n) is 10.5. The summed E-state index contributed by atoms with van der Waals surface area (Å²) in [5.74, 6) is 0.548. The summed E-state index contributed by atoms with van der Waals surface area (Å²) in [6.07, 6.45) is 1.13. The maximum absolute atomic E-state index is 10.7. The van der Waals surface area contributed by atoms with Crippen molar-refractivity contribution in [2.24, 2.45) is 5.92 Å². The number of anilines is 1. The first-order valence-electron chi connectivity index (χ1n) is 6.03. The van der Waals surface area contributed by atoms with E-state index < -0.39 is 4.92 Å². The van der Waals surface area contributed by atoms with Gasteiger partial charge >= 0.3 is 0 Å². The minimum absolute atomic E-state index is 0.0962. The summed E-state index contributed by atoms with van der Waals surface area (Å²) in [5, 5.41) is 14.4. The van der Waals surface area contributed by atoms with Crippen molar-refractivity contribution in [1.29, 1.82) is 0 Å². The summed E-state index contributed by atoms with van der Waals surface area (Å²) in [6.45, 7) is 2.89. The minimum Gasteiger partial charge on any atom is -0.382 e. The summed E-state index contributed by atoms with van der Waals surface area (Å²) in [4.78, 5) is 12.4. The summed E-state index contributed by atoms with van der Waals surface area (Å²) in [7, 11) is 2.09. The molecule has 0 spiro atoms. The molecule has 1 aliphatic rings. The molecule has 0 aliphatic carbocycles. The van der Waals surface area contributed by atoms with E-state index in [1.807, 2.05) is 0 Å². The van der Waals surface area contributed by atoms with Gasteiger partial charge in [-0.05, 0) is 25.9 Å². The Morgan fingerprint density at radius 1 is 1.47 bits per heavy atom. The lowest BCUT2D eigenvalue weighted by Crippen LogP contribution is -2.19. The summed E-state index contributed by atoms with van der Waals surface area (Å²) in [6, 6.07) is 2.63. The monoisotopic (exact) mass is 303 g/mol. The molecule has 1 saturated heterocycles. The number of likely N-dealkylation sites (tertiary alicyclic amines) is 1. The van der Waals surface area contributed by atoms with Crippen LogP contribution in [0.25, 0.3) is 0 Å². The normalized spacial score (nSPS) is 19.6. The van der Waals surface area contributed by atoms with E-state index in [1.54, 1.807) is 0 Å². The van der Waals surface area contributed by atoms with E-state index in [-0.39, 0.29) is 15.7 Å². The molecule has 1 aliphatic heterocycles. The lowest BCUT2D eigenvalue weighted by atomic mass is 10.1. The van der Waals surface area contributed by atoms with Crippen LogP contribution in [0.2, 0.25) is 10.0 Å². The van der Waals surface area contributed by atoms with E-state index in [4.69, 9.17) is 23.2 Å². The first-order chi connectivity index (χ1) is 8.97. The van der Waals surface area contributed by atoms with Crippen LogP contribution in [0.5, 0.6) is 0 Å². The van der Waals surface area contributed by atoms with E-state index >= 15 is 0 Å². The summed E-state index contributed by atoms with van der Waals surface area (Å²) in [5.41, 5.74) is 0.477. The highest BCUT2D eigenvalue weighted by molar-refractivity contribution is 6.39. The average molecular weight is 304 g/mol. The largest absolute Gasteiger partial charge is 0.382 e. The molecule has 0 bridgehead atoms. The Morgan fingerprint density at radius 2 is 2.11 bits per heavy atom. The fourth-order valence-electron chi connectivity index (χ4n) is 2.27. The zero-order valence-corrected chi connectivity index (χ0v) is 12.0. The fourth-order valence-corrected chi connectivity index (χ4v) is 2.88. The highest BCUT2D eigenvalue weighted by Crippen LogP contribution is 2.35. The topological polar surface area (TPSA) is 58.4 Å². The number of nitro groups is 1. The van der Waals surface area contributed by atoms with E-state index in [0.29, 0.717) is 11.6 Å². The first kappa shape index (κ1) is 14.4. The van der Waals surface area contributed by atoms with Crippen LogP contribution >= 0.6 is 23.2 Å². The molecule has 1 aromatic rings. The van der Waals surface area contributed by atoms with Crippen molar-refractivity contribution in [1.82, 2.24) is 4.90 Å². The van der Waals surface area contributed by atoms with Crippen molar-refractivity contribution in [2.75, 3.05) is 32.0 Å². The molecule has 19 heavy (non-hydrogen) atoms. The third-order valence-electron chi connectivity index (χ3n) is 3.29. The van der Waals surface area contributed by atoms with Crippen molar-refractivity contribution in [3.63, 3.8) is 0 Å². The Bertz CT molecular complexity index is 473. The van der Waals surface area contributed by atoms with E-state index in [1.165, 1.54) is 12.1 Å². The zero-order chi connectivity index (χ0) is 14.0. The van der Waals surface area contributed by atoms with Gasteiger partial charge in [-0.15, -0.1) is 0 Å². The van der Waals surface area contributed by atoms with Gasteiger partial charge in [0.2, 0.25) is 0 Å². The number of nitro benzene ring substituents is 1. The number of rotatable bonds is 4. The quantitative estimate of drug-likeness (QED) is 0.685. The fraction of sp³-hybridized carbons (Fsp3) is 0.500. The van der Waals surface area contributed by atoms with Gasteiger partial charge in [0, 0.05) is 25.2 Å². The van der Waals surface area contributed by atoms with Crippen LogP contribution < -0.4 is 5.32 Å². The molecule has 1 unspecified atom stereocenters. The Kier molecular flexibility index (Phi) is 4.50. The summed E-state index contributed by atoms with van der Waals surface area (Å²) >= 11 is 12.1. The smallest absolute Gasteiger partial charge is 0.272 e. The second kappa shape index (κ2) is 5.94. The first-order valence-corrected chi connectivity index (χ1v) is 6.79. The Hall–Kier alpha value is -1.04. The lowest BCUT2D eigenvalue weighted by molar-refractivity contribution is -0.384. The molecule has 1 heterocycles. The molecule has 1 fully saturated rings. The van der Waals surface area contributed by atoms with E-state index in [9.17, 15) is 10.1 Å². The molecule has 7 heteroatoms. The number of hydrogen-bond acceptors (Lipinski definition) is 4. The van der Waals surface area contributed by atoms with Gasteiger partial charge < -0.3 is 10.2 Å². The number of halogens is 2. The Balaban J connectivity index is 2.06. The van der Waals surface area contributed by atoms with Gasteiger partial charge in [0.15, 0.2) is 0 Å². The Morgan fingerprint density at radius 3 is 2.58 bits per heavy atom. The molecule has 0 saturated carbocycles. The molecule has 0 radical (unpaired) electrons. The molecule has 104 valence electrons. The van der Waals surface area contributed by atoms with E-state index in [2.05, 4.69) is 17.3 Å². The van der Waals surface area contributed by atoms with Crippen LogP contribution in [-0.4, -0.2) is 36.5 Å². The lowest BCUT2D eigenvalue weighted by Gasteiger charge is -2.14. The second-order valence-corrected chi connectivity index (χ2v) is 5.65. The summed E-state index contributed by atoms with van der Waals surface area (Å²) < 4.78 is 0. The Labute approximate surface area is 121 Å². The third-order valence-corrected chi connectivity index (χ3v) is 3.89.